The molecule has 1 amide bonds. The first kappa shape index (κ1) is 17.3. The third-order valence-corrected chi connectivity index (χ3v) is 5.47. The molecule has 0 aliphatic carbocycles. The van der Waals surface area contributed by atoms with E-state index in [1.165, 1.54) is 43.6 Å². The summed E-state index contributed by atoms with van der Waals surface area (Å²) in [6.45, 7) is 6.41. The van der Waals surface area contributed by atoms with E-state index in [-0.39, 0.29) is 17.9 Å². The van der Waals surface area contributed by atoms with Crippen LogP contribution in [0.1, 0.15) is 50.6 Å². The van der Waals surface area contributed by atoms with E-state index in [1.54, 1.807) is 0 Å². The largest absolute Gasteiger partial charge is 0.372 e. The van der Waals surface area contributed by atoms with Gasteiger partial charge in [-0.25, -0.2) is 0 Å². The van der Waals surface area contributed by atoms with Gasteiger partial charge in [0.15, 0.2) is 0 Å². The van der Waals surface area contributed by atoms with Gasteiger partial charge in [-0.15, -0.1) is 0 Å². The average molecular weight is 329 g/mol. The molecule has 2 atom stereocenters. The topological polar surface area (TPSA) is 35.6 Å². The Kier molecular flexibility index (Phi) is 5.77. The monoisotopic (exact) mass is 329 g/mol. The molecule has 2 fully saturated rings. The van der Waals surface area contributed by atoms with Crippen LogP contribution in [0.4, 0.5) is 5.69 Å². The third kappa shape index (κ3) is 4.29. The van der Waals surface area contributed by atoms with Crippen LogP contribution in [0.25, 0.3) is 0 Å². The summed E-state index contributed by atoms with van der Waals surface area (Å²) in [4.78, 5) is 17.2. The van der Waals surface area contributed by atoms with Crippen molar-refractivity contribution in [3.8, 4) is 0 Å². The molecule has 1 aromatic carbocycles. The number of nitrogens with zero attached hydrogens (tertiary/aromatic N) is 2. The Morgan fingerprint density at radius 1 is 1.08 bits per heavy atom. The van der Waals surface area contributed by atoms with Gasteiger partial charge in [0.1, 0.15) is 0 Å². The van der Waals surface area contributed by atoms with Gasteiger partial charge in [0.2, 0.25) is 5.91 Å². The molecule has 4 nitrogen and oxygen atoms in total. The maximum Gasteiger partial charge on any atom is 0.224 e. The fraction of sp³-hybridized carbons (Fsp3) is 0.650. The lowest BCUT2D eigenvalue weighted by Crippen LogP contribution is -2.42. The number of nitrogens with one attached hydrogen (secondary N) is 1. The molecule has 0 aromatic heterocycles. The van der Waals surface area contributed by atoms with Crippen LogP contribution in [-0.2, 0) is 4.79 Å². The highest BCUT2D eigenvalue weighted by atomic mass is 16.2. The first-order chi connectivity index (χ1) is 11.6. The van der Waals surface area contributed by atoms with Crippen LogP contribution in [0.2, 0.25) is 0 Å². The minimum atomic E-state index is 0.0696. The fourth-order valence-corrected chi connectivity index (χ4v) is 3.92. The summed E-state index contributed by atoms with van der Waals surface area (Å²) >= 11 is 0. The number of piperidine rings is 2. The highest BCUT2D eigenvalue weighted by Crippen LogP contribution is 2.23. The zero-order chi connectivity index (χ0) is 16.9. The Morgan fingerprint density at radius 3 is 2.46 bits per heavy atom. The Morgan fingerprint density at radius 2 is 1.79 bits per heavy atom. The van der Waals surface area contributed by atoms with E-state index in [4.69, 9.17) is 0 Å². The van der Waals surface area contributed by atoms with E-state index in [2.05, 4.69) is 53.4 Å². The summed E-state index contributed by atoms with van der Waals surface area (Å²) in [5.74, 6) is 0.341. The van der Waals surface area contributed by atoms with Crippen molar-refractivity contribution >= 4 is 11.6 Å². The third-order valence-electron chi connectivity index (χ3n) is 5.47. The molecular formula is C20H31N3O. The minimum absolute atomic E-state index is 0.0696. The molecule has 24 heavy (non-hydrogen) atoms. The normalized spacial score (nSPS) is 23.8. The van der Waals surface area contributed by atoms with Gasteiger partial charge < -0.3 is 15.1 Å². The second kappa shape index (κ2) is 8.02. The van der Waals surface area contributed by atoms with E-state index < -0.39 is 0 Å². The van der Waals surface area contributed by atoms with Crippen LogP contribution in [0, 0.1) is 5.92 Å². The van der Waals surface area contributed by atoms with E-state index in [1.807, 2.05) is 0 Å². The van der Waals surface area contributed by atoms with E-state index in [0.29, 0.717) is 0 Å². The highest BCUT2D eigenvalue weighted by Gasteiger charge is 2.25. The molecule has 1 aromatic rings. The number of hydrogen-bond acceptors (Lipinski definition) is 3. The van der Waals surface area contributed by atoms with Crippen molar-refractivity contribution in [2.45, 2.75) is 45.1 Å². The van der Waals surface area contributed by atoms with E-state index in [0.717, 1.165) is 25.9 Å². The average Bonchev–Trinajstić information content (AvgIpc) is 2.62. The first-order valence-corrected chi connectivity index (χ1v) is 9.47. The van der Waals surface area contributed by atoms with Crippen LogP contribution in [0.3, 0.4) is 0 Å². The predicted molar refractivity (Wildman–Crippen MR) is 99.3 cm³/mol. The second-order valence-electron chi connectivity index (χ2n) is 7.47. The van der Waals surface area contributed by atoms with Gasteiger partial charge in [-0.2, -0.15) is 0 Å². The molecule has 0 radical (unpaired) electrons. The van der Waals surface area contributed by atoms with Crippen molar-refractivity contribution in [3.05, 3.63) is 29.8 Å². The summed E-state index contributed by atoms with van der Waals surface area (Å²) in [6.07, 6.45) is 6.08. The maximum absolute atomic E-state index is 12.5. The summed E-state index contributed by atoms with van der Waals surface area (Å²) in [7, 11) is 2.10. The smallest absolute Gasteiger partial charge is 0.224 e. The molecule has 3 rings (SSSR count). The molecule has 0 spiro atoms. The van der Waals surface area contributed by atoms with Crippen molar-refractivity contribution in [2.24, 2.45) is 5.92 Å². The first-order valence-electron chi connectivity index (χ1n) is 9.47. The molecule has 1 N–H and O–H groups in total. The van der Waals surface area contributed by atoms with Crippen LogP contribution >= 0.6 is 0 Å². The molecule has 0 saturated carbocycles. The number of anilines is 1. The van der Waals surface area contributed by atoms with Crippen molar-refractivity contribution in [1.29, 1.82) is 0 Å². The quantitative estimate of drug-likeness (QED) is 0.921. The predicted octanol–water partition coefficient (Wildman–Crippen LogP) is 3.20. The Labute approximate surface area is 146 Å². The Hall–Kier alpha value is -1.55. The fourth-order valence-electron chi connectivity index (χ4n) is 3.92. The molecule has 132 valence electrons. The summed E-state index contributed by atoms with van der Waals surface area (Å²) in [6, 6.07) is 8.82. The number of amides is 1. The van der Waals surface area contributed by atoms with Crippen molar-refractivity contribution in [1.82, 2.24) is 10.2 Å². The highest BCUT2D eigenvalue weighted by molar-refractivity contribution is 5.79. The number of likely N-dealkylation sites (tertiary alicyclic amines) is 1. The van der Waals surface area contributed by atoms with E-state index in [9.17, 15) is 4.79 Å². The van der Waals surface area contributed by atoms with Gasteiger partial charge in [-0.05, 0) is 70.3 Å². The van der Waals surface area contributed by atoms with Crippen LogP contribution in [-0.4, -0.2) is 44.0 Å². The number of benzene rings is 1. The molecule has 2 heterocycles. The van der Waals surface area contributed by atoms with Crippen LogP contribution in [0.5, 0.6) is 0 Å². The molecule has 2 aliphatic heterocycles. The van der Waals surface area contributed by atoms with Gasteiger partial charge >= 0.3 is 0 Å². The van der Waals surface area contributed by atoms with Gasteiger partial charge in [-0.1, -0.05) is 12.1 Å². The second-order valence-corrected chi connectivity index (χ2v) is 7.47. The van der Waals surface area contributed by atoms with Crippen molar-refractivity contribution in [3.63, 3.8) is 0 Å². The number of carbonyl (C=O) groups is 1. The standard InChI is InChI=1S/C20H31N3O/c1-16(21-20(24)18-7-6-12-22(2)15-18)17-8-10-19(11-9-17)23-13-4-3-5-14-23/h8-11,16,18H,3-7,12-15H2,1-2H3,(H,21,24)/t16-,18+/m0/s1. The lowest BCUT2D eigenvalue weighted by molar-refractivity contribution is -0.127. The zero-order valence-corrected chi connectivity index (χ0v) is 15.1. The lowest BCUT2D eigenvalue weighted by atomic mass is 9.96. The number of rotatable bonds is 4. The van der Waals surface area contributed by atoms with Crippen molar-refractivity contribution in [2.75, 3.05) is 38.1 Å². The van der Waals surface area contributed by atoms with Crippen LogP contribution in [0.15, 0.2) is 24.3 Å². The van der Waals surface area contributed by atoms with Crippen molar-refractivity contribution < 1.29 is 4.79 Å². The van der Waals surface area contributed by atoms with Gasteiger partial charge in [0.05, 0.1) is 12.0 Å². The van der Waals surface area contributed by atoms with E-state index >= 15 is 0 Å². The summed E-state index contributed by atoms with van der Waals surface area (Å²) < 4.78 is 0. The Balaban J connectivity index is 1.56. The summed E-state index contributed by atoms with van der Waals surface area (Å²) in [5, 5.41) is 3.21. The molecule has 2 saturated heterocycles. The van der Waals surface area contributed by atoms with Gasteiger partial charge in [0.25, 0.3) is 0 Å². The lowest BCUT2D eigenvalue weighted by Gasteiger charge is -2.30. The Bertz CT molecular complexity index is 536. The molecule has 0 unspecified atom stereocenters. The molecule has 0 bridgehead atoms. The SMILES string of the molecule is C[C@H](NC(=O)[C@@H]1CCCN(C)C1)c1ccc(N2CCCCC2)cc1. The van der Waals surface area contributed by atoms with Gasteiger partial charge in [0, 0.05) is 25.3 Å². The van der Waals surface area contributed by atoms with Crippen LogP contribution < -0.4 is 10.2 Å². The maximum atomic E-state index is 12.5. The summed E-state index contributed by atoms with van der Waals surface area (Å²) in [5.41, 5.74) is 2.50. The minimum Gasteiger partial charge on any atom is -0.372 e. The molecular weight excluding hydrogens is 298 g/mol. The molecule has 4 heteroatoms. The number of hydrogen-bond donors (Lipinski definition) is 1. The number of carbonyl (C=O) groups excluding carboxylic acids is 1. The molecule has 2 aliphatic rings. The zero-order valence-electron chi connectivity index (χ0n) is 15.1. The van der Waals surface area contributed by atoms with Gasteiger partial charge in [-0.3, -0.25) is 4.79 Å².